The zero-order chi connectivity index (χ0) is 34.9. The molecule has 7 nitrogen and oxygen atoms in total. The van der Waals surface area contributed by atoms with Gasteiger partial charge in [-0.15, -0.1) is 0 Å². The minimum absolute atomic E-state index is 0.0451. The molecule has 0 spiro atoms. The molecule has 7 heteroatoms. The average Bonchev–Trinajstić information content (AvgIpc) is 3.03. The molecule has 0 saturated carbocycles. The first kappa shape index (κ1) is 39.3. The van der Waals surface area contributed by atoms with E-state index in [1.807, 2.05) is 0 Å². The highest BCUT2D eigenvalue weighted by atomic mass is 16.3. The number of nitrogens with zero attached hydrogens (tertiary/aromatic N) is 4. The van der Waals surface area contributed by atoms with Crippen LogP contribution in [0.5, 0.6) is 0 Å². The predicted molar refractivity (Wildman–Crippen MR) is 201 cm³/mol. The number of quaternary nitrogens is 2. The van der Waals surface area contributed by atoms with E-state index in [9.17, 15) is 15.3 Å². The van der Waals surface area contributed by atoms with E-state index in [2.05, 4.69) is 109 Å². The Kier molecular flexibility index (Phi) is 14.2. The Hall–Kier alpha value is -2.16. The zero-order valence-corrected chi connectivity index (χ0v) is 31.6. The second-order valence-corrected chi connectivity index (χ2v) is 16.0. The van der Waals surface area contributed by atoms with Crippen LogP contribution in [0, 0.1) is 0 Å². The van der Waals surface area contributed by atoms with Gasteiger partial charge in [-0.1, -0.05) is 53.7 Å². The molecule has 266 valence electrons. The van der Waals surface area contributed by atoms with Gasteiger partial charge in [0.1, 0.15) is 19.6 Å². The summed E-state index contributed by atoms with van der Waals surface area (Å²) in [4.78, 5) is 5.15. The Morgan fingerprint density at radius 1 is 0.489 bits per heavy atom. The van der Waals surface area contributed by atoms with E-state index in [0.29, 0.717) is 13.1 Å². The first-order chi connectivity index (χ1) is 22.2. The number of aliphatic hydroxyl groups excluding tert-OH is 3. The van der Waals surface area contributed by atoms with Crippen molar-refractivity contribution in [3.63, 3.8) is 0 Å². The first-order valence-electron chi connectivity index (χ1n) is 18.6. The van der Waals surface area contributed by atoms with Crippen molar-refractivity contribution in [3.05, 3.63) is 47.5 Å². The second kappa shape index (κ2) is 17.0. The lowest BCUT2D eigenvalue weighted by molar-refractivity contribution is -0.927. The normalized spacial score (nSPS) is 14.0. The number of fused-ring (bicyclic) bond motifs is 2. The number of hydrogen-bond acceptors (Lipinski definition) is 5. The van der Waals surface area contributed by atoms with Crippen LogP contribution in [0.3, 0.4) is 0 Å². The highest BCUT2D eigenvalue weighted by Crippen LogP contribution is 2.50. The number of anilines is 4. The van der Waals surface area contributed by atoms with Gasteiger partial charge >= 0.3 is 0 Å². The fourth-order valence-electron chi connectivity index (χ4n) is 7.46. The maximum absolute atomic E-state index is 9.78. The van der Waals surface area contributed by atoms with Gasteiger partial charge in [0.25, 0.3) is 0 Å². The van der Waals surface area contributed by atoms with Gasteiger partial charge in [0.2, 0.25) is 0 Å². The van der Waals surface area contributed by atoms with Crippen LogP contribution in [0.4, 0.5) is 22.7 Å². The van der Waals surface area contributed by atoms with Gasteiger partial charge in [-0.3, -0.25) is 0 Å². The van der Waals surface area contributed by atoms with Gasteiger partial charge in [-0.2, -0.15) is 0 Å². The Labute approximate surface area is 288 Å². The number of hydrogen-bond donors (Lipinski definition) is 3. The van der Waals surface area contributed by atoms with E-state index in [0.717, 1.165) is 87.0 Å². The van der Waals surface area contributed by atoms with E-state index in [-0.39, 0.29) is 30.7 Å². The van der Waals surface area contributed by atoms with Crippen LogP contribution in [0.2, 0.25) is 0 Å². The quantitative estimate of drug-likeness (QED) is 0.111. The third-order valence-electron chi connectivity index (χ3n) is 11.1. The van der Waals surface area contributed by atoms with Crippen LogP contribution < -0.4 is 9.80 Å². The van der Waals surface area contributed by atoms with Crippen LogP contribution in [0.25, 0.3) is 0 Å². The lowest BCUT2D eigenvalue weighted by atomic mass is 9.85. The van der Waals surface area contributed by atoms with E-state index >= 15 is 0 Å². The Morgan fingerprint density at radius 2 is 0.851 bits per heavy atom. The summed E-state index contributed by atoms with van der Waals surface area (Å²) in [5.74, 6) is 0. The number of rotatable bonds is 19. The standard InChI is InChI=1S/C40H70N4O3/c1-10-43(11-2,25-28-45)23-15-13-22-42-37-31-33(39(4,5)6)17-19-35(37)41(36-20-18-34(32-38(36)42)40(7,8)9)21-14-16-24-44(12-3,26-29-46)27-30-47/h17-20,31-32,45-47H,10-16,21-30H2,1-9H3/q+2. The fraction of sp³-hybridized carbons (Fsp3) is 0.700. The summed E-state index contributed by atoms with van der Waals surface area (Å²) in [6, 6.07) is 14.2. The molecule has 0 saturated heterocycles. The summed E-state index contributed by atoms with van der Waals surface area (Å²) in [6.07, 6.45) is 4.30. The van der Waals surface area contributed by atoms with Gasteiger partial charge < -0.3 is 34.1 Å². The predicted octanol–water partition coefficient (Wildman–Crippen LogP) is 7.10. The lowest BCUT2D eigenvalue weighted by Gasteiger charge is -2.42. The largest absolute Gasteiger partial charge is 0.391 e. The zero-order valence-electron chi connectivity index (χ0n) is 31.6. The summed E-state index contributed by atoms with van der Waals surface area (Å²) in [6.45, 7) is 30.3. The van der Waals surface area contributed by atoms with Crippen molar-refractivity contribution in [2.24, 2.45) is 0 Å². The molecule has 0 aromatic heterocycles. The van der Waals surface area contributed by atoms with Gasteiger partial charge in [0, 0.05) is 13.1 Å². The molecule has 0 fully saturated rings. The van der Waals surface area contributed by atoms with Crippen molar-refractivity contribution in [2.75, 3.05) is 95.1 Å². The van der Waals surface area contributed by atoms with Gasteiger partial charge in [-0.25, -0.2) is 0 Å². The van der Waals surface area contributed by atoms with E-state index in [1.54, 1.807) is 0 Å². The molecule has 0 bridgehead atoms. The average molecular weight is 655 g/mol. The van der Waals surface area contributed by atoms with Crippen LogP contribution in [-0.2, 0) is 10.8 Å². The number of likely N-dealkylation sites (N-methyl/N-ethyl adjacent to an activating group) is 2. The molecule has 0 radical (unpaired) electrons. The van der Waals surface area contributed by atoms with E-state index in [4.69, 9.17) is 0 Å². The third kappa shape index (κ3) is 9.72. The Balaban J connectivity index is 2.00. The minimum Gasteiger partial charge on any atom is -0.391 e. The molecule has 3 rings (SSSR count). The number of benzene rings is 2. The molecule has 0 atom stereocenters. The summed E-state index contributed by atoms with van der Waals surface area (Å²) in [7, 11) is 0. The van der Waals surface area contributed by atoms with Gasteiger partial charge in [0.15, 0.2) is 0 Å². The third-order valence-corrected chi connectivity index (χ3v) is 11.1. The van der Waals surface area contributed by atoms with E-state index < -0.39 is 0 Å². The van der Waals surface area contributed by atoms with Crippen molar-refractivity contribution >= 4 is 22.7 Å². The second-order valence-electron chi connectivity index (χ2n) is 16.0. The molecule has 2 aromatic rings. The Morgan fingerprint density at radius 3 is 1.21 bits per heavy atom. The summed E-state index contributed by atoms with van der Waals surface area (Å²) < 4.78 is 1.75. The number of aliphatic hydroxyl groups is 3. The van der Waals surface area contributed by atoms with Gasteiger partial charge in [-0.05, 0) is 92.7 Å². The maximum atomic E-state index is 9.78. The van der Waals surface area contributed by atoms with Crippen molar-refractivity contribution in [1.29, 1.82) is 0 Å². The highest BCUT2D eigenvalue weighted by molar-refractivity contribution is 5.94. The van der Waals surface area contributed by atoms with Crippen molar-refractivity contribution in [1.82, 2.24) is 0 Å². The SMILES string of the molecule is CC[N+](CC)(CCO)CCCCN1c2cc(C(C)(C)C)ccc2N(CCCC[N+](CC)(CCO)CCO)c2ccc(C(C)(C)C)cc21. The first-order valence-corrected chi connectivity index (χ1v) is 18.6. The molecular formula is C40H70N4O3+2. The smallest absolute Gasteiger partial charge is 0.102 e. The monoisotopic (exact) mass is 655 g/mol. The van der Waals surface area contributed by atoms with Crippen LogP contribution in [-0.4, -0.2) is 110 Å². The van der Waals surface area contributed by atoms with Crippen molar-refractivity contribution in [3.8, 4) is 0 Å². The van der Waals surface area contributed by atoms with Crippen LogP contribution >= 0.6 is 0 Å². The Bertz CT molecular complexity index is 1170. The summed E-state index contributed by atoms with van der Waals surface area (Å²) >= 11 is 0. The molecular weight excluding hydrogens is 584 g/mol. The molecule has 0 aliphatic carbocycles. The lowest BCUT2D eigenvalue weighted by Crippen LogP contribution is -2.52. The molecule has 1 aliphatic heterocycles. The molecule has 0 unspecified atom stereocenters. The molecule has 1 aliphatic rings. The minimum atomic E-state index is 0.0451. The highest BCUT2D eigenvalue weighted by Gasteiger charge is 2.32. The molecule has 3 N–H and O–H groups in total. The molecule has 0 amide bonds. The summed E-state index contributed by atoms with van der Waals surface area (Å²) in [5, 5.41) is 29.3. The maximum Gasteiger partial charge on any atom is 0.102 e. The van der Waals surface area contributed by atoms with Crippen molar-refractivity contribution < 1.29 is 24.3 Å². The molecule has 2 aromatic carbocycles. The molecule has 47 heavy (non-hydrogen) atoms. The fourth-order valence-corrected chi connectivity index (χ4v) is 7.46. The van der Waals surface area contributed by atoms with E-state index in [1.165, 1.54) is 33.9 Å². The van der Waals surface area contributed by atoms with Crippen LogP contribution in [0.1, 0.15) is 99.1 Å². The topological polar surface area (TPSA) is 67.2 Å². The van der Waals surface area contributed by atoms with Crippen LogP contribution in [0.15, 0.2) is 36.4 Å². The van der Waals surface area contributed by atoms with Gasteiger partial charge in [0.05, 0.1) is 75.3 Å². The number of unbranched alkanes of at least 4 members (excludes halogenated alkanes) is 2. The summed E-state index contributed by atoms with van der Waals surface area (Å²) in [5.41, 5.74) is 7.96. The van der Waals surface area contributed by atoms with Crippen molar-refractivity contribution in [2.45, 2.75) is 98.8 Å². The molecule has 1 heterocycles.